The van der Waals surface area contributed by atoms with Gasteiger partial charge in [-0.25, -0.2) is 0 Å². The largest absolute Gasteiger partial charge is 0.414 e. The van der Waals surface area contributed by atoms with Gasteiger partial charge in [0, 0.05) is 12.0 Å². The maximum Gasteiger partial charge on any atom is 0.193 e. The summed E-state index contributed by atoms with van der Waals surface area (Å²) in [5.74, 6) is 0. The molecule has 0 radical (unpaired) electrons. The topological polar surface area (TPSA) is 63.2 Å². The van der Waals surface area contributed by atoms with Crippen LogP contribution < -0.4 is 0 Å². The van der Waals surface area contributed by atoms with Crippen LogP contribution in [0, 0.1) is 0 Å². The zero-order valence-electron chi connectivity index (χ0n) is 24.7. The highest BCUT2D eigenvalue weighted by Gasteiger charge is 2.44. The molecule has 6 nitrogen and oxygen atoms in total. The summed E-state index contributed by atoms with van der Waals surface area (Å²) in [4.78, 5) is 11.6. The van der Waals surface area contributed by atoms with Crippen LogP contribution in [0.15, 0.2) is 43.0 Å². The molecule has 37 heavy (non-hydrogen) atoms. The monoisotopic (exact) mass is 550 g/mol. The fourth-order valence-corrected chi connectivity index (χ4v) is 5.82. The first-order valence-corrected chi connectivity index (χ1v) is 19.2. The molecule has 1 saturated heterocycles. The van der Waals surface area contributed by atoms with Gasteiger partial charge in [-0.05, 0) is 36.3 Å². The van der Waals surface area contributed by atoms with Gasteiger partial charge in [0.15, 0.2) is 22.9 Å². The van der Waals surface area contributed by atoms with Crippen LogP contribution >= 0.6 is 0 Å². The lowest BCUT2D eigenvalue weighted by Crippen LogP contribution is -2.53. The van der Waals surface area contributed by atoms with Crippen molar-refractivity contribution in [3.05, 3.63) is 48.6 Å². The van der Waals surface area contributed by atoms with E-state index in [4.69, 9.17) is 23.1 Å². The molecule has 1 fully saturated rings. The van der Waals surface area contributed by atoms with E-state index < -0.39 is 41.2 Å². The average Bonchev–Trinajstić information content (AvgIpc) is 2.80. The third-order valence-electron chi connectivity index (χ3n) is 8.13. The van der Waals surface area contributed by atoms with Gasteiger partial charge in [-0.1, -0.05) is 78.0 Å². The smallest absolute Gasteiger partial charge is 0.193 e. The zero-order chi connectivity index (χ0) is 28.1. The van der Waals surface area contributed by atoms with E-state index >= 15 is 0 Å². The number of rotatable bonds is 12. The van der Waals surface area contributed by atoms with Gasteiger partial charge in [0.25, 0.3) is 0 Å². The van der Waals surface area contributed by atoms with Crippen LogP contribution in [0.4, 0.5) is 0 Å². The van der Waals surface area contributed by atoms with Crippen molar-refractivity contribution in [3.8, 4) is 0 Å². The SMILES string of the molecule is C=C[C@@H](O[Si](C)(C)C(C)(C)C)[C@H](CO[Si](C)(C)C(C)(C)C)O[C@@H]1CO[C@@H](c2ccccc2)O[C@H]1CC=O. The van der Waals surface area contributed by atoms with Crippen LogP contribution in [-0.2, 0) is 27.9 Å². The minimum atomic E-state index is -2.13. The summed E-state index contributed by atoms with van der Waals surface area (Å²) in [6.45, 7) is 27.0. The normalized spacial score (nSPS) is 23.4. The lowest BCUT2D eigenvalue weighted by Gasteiger charge is -2.44. The number of aldehydes is 1. The van der Waals surface area contributed by atoms with Gasteiger partial charge in [-0.2, -0.15) is 0 Å². The Morgan fingerprint density at radius 2 is 1.62 bits per heavy atom. The highest BCUT2D eigenvalue weighted by atomic mass is 28.4. The fraction of sp³-hybridized carbons (Fsp3) is 0.690. The van der Waals surface area contributed by atoms with Gasteiger partial charge in [-0.15, -0.1) is 6.58 Å². The first-order chi connectivity index (χ1) is 17.0. The van der Waals surface area contributed by atoms with Crippen LogP contribution in [0.2, 0.25) is 36.3 Å². The second kappa shape index (κ2) is 12.8. The van der Waals surface area contributed by atoms with Crippen molar-refractivity contribution in [2.24, 2.45) is 0 Å². The molecule has 1 aliphatic heterocycles. The number of carbonyl (C=O) groups excluding carboxylic acids is 1. The van der Waals surface area contributed by atoms with Gasteiger partial charge in [-0.3, -0.25) is 0 Å². The molecule has 1 aliphatic rings. The van der Waals surface area contributed by atoms with Gasteiger partial charge in [0.2, 0.25) is 0 Å². The van der Waals surface area contributed by atoms with Crippen LogP contribution in [0.5, 0.6) is 0 Å². The molecular weight excluding hydrogens is 500 g/mol. The second-order valence-electron chi connectivity index (χ2n) is 13.0. The van der Waals surface area contributed by atoms with E-state index in [0.717, 1.165) is 11.8 Å². The minimum Gasteiger partial charge on any atom is -0.414 e. The van der Waals surface area contributed by atoms with E-state index in [0.29, 0.717) is 13.2 Å². The molecule has 0 spiro atoms. The van der Waals surface area contributed by atoms with Crippen LogP contribution in [0.25, 0.3) is 0 Å². The molecule has 8 heteroatoms. The summed E-state index contributed by atoms with van der Waals surface area (Å²) in [6.07, 6.45) is 0.726. The van der Waals surface area contributed by atoms with Gasteiger partial charge >= 0.3 is 0 Å². The number of carbonyl (C=O) groups is 1. The number of ether oxygens (including phenoxy) is 3. The maximum absolute atomic E-state index is 11.6. The number of hydrogen-bond acceptors (Lipinski definition) is 6. The van der Waals surface area contributed by atoms with E-state index in [9.17, 15) is 4.79 Å². The summed E-state index contributed by atoms with van der Waals surface area (Å²) in [5, 5.41) is 0.0840. The molecule has 210 valence electrons. The molecule has 1 aromatic rings. The third-order valence-corrected chi connectivity index (χ3v) is 17.1. The van der Waals surface area contributed by atoms with Gasteiger partial charge < -0.3 is 27.9 Å². The molecule has 2 rings (SSSR count). The summed E-state index contributed by atoms with van der Waals surface area (Å²) >= 11 is 0. The Morgan fingerprint density at radius 3 is 2.14 bits per heavy atom. The van der Waals surface area contributed by atoms with Crippen molar-refractivity contribution in [2.75, 3.05) is 13.2 Å². The molecule has 0 amide bonds. The first kappa shape index (κ1) is 32.1. The van der Waals surface area contributed by atoms with E-state index in [1.54, 1.807) is 0 Å². The molecular formula is C29H50O6Si2. The van der Waals surface area contributed by atoms with Crippen LogP contribution in [0.1, 0.15) is 59.8 Å². The van der Waals surface area contributed by atoms with Gasteiger partial charge in [0.05, 0.1) is 25.4 Å². The molecule has 5 atom stereocenters. The predicted octanol–water partition coefficient (Wildman–Crippen LogP) is 7.04. The van der Waals surface area contributed by atoms with Gasteiger partial charge in [0.1, 0.15) is 18.5 Å². The highest BCUT2D eigenvalue weighted by Crippen LogP contribution is 2.40. The van der Waals surface area contributed by atoms with Crippen molar-refractivity contribution < 1.29 is 27.9 Å². The van der Waals surface area contributed by atoms with Crippen molar-refractivity contribution in [1.82, 2.24) is 0 Å². The summed E-state index contributed by atoms with van der Waals surface area (Å²) in [7, 11) is -4.18. The predicted molar refractivity (Wildman–Crippen MR) is 155 cm³/mol. The quantitative estimate of drug-likeness (QED) is 0.158. The lowest BCUT2D eigenvalue weighted by molar-refractivity contribution is -0.276. The zero-order valence-corrected chi connectivity index (χ0v) is 26.7. The lowest BCUT2D eigenvalue weighted by atomic mass is 10.1. The molecule has 1 heterocycles. The summed E-state index contributed by atoms with van der Waals surface area (Å²) < 4.78 is 32.4. The van der Waals surface area contributed by atoms with E-state index in [2.05, 4.69) is 74.3 Å². The highest BCUT2D eigenvalue weighted by molar-refractivity contribution is 6.74. The Hall–Kier alpha value is -1.14. The van der Waals surface area contributed by atoms with E-state index in [1.165, 1.54) is 0 Å². The molecule has 0 saturated carbocycles. The third kappa shape index (κ3) is 8.68. The Bertz CT molecular complexity index is 859. The summed E-state index contributed by atoms with van der Waals surface area (Å²) in [5.41, 5.74) is 0.917. The Kier molecular flexibility index (Phi) is 11.1. The molecule has 1 aromatic carbocycles. The average molecular weight is 551 g/mol. The van der Waals surface area contributed by atoms with Crippen molar-refractivity contribution in [3.63, 3.8) is 0 Å². The second-order valence-corrected chi connectivity index (χ2v) is 22.6. The first-order valence-electron chi connectivity index (χ1n) is 13.4. The van der Waals surface area contributed by atoms with Crippen molar-refractivity contribution >= 4 is 22.9 Å². The maximum atomic E-state index is 11.6. The minimum absolute atomic E-state index is 0.0269. The van der Waals surface area contributed by atoms with Crippen LogP contribution in [0.3, 0.4) is 0 Å². The molecule has 0 N–H and O–H groups in total. The molecule has 0 aromatic heterocycles. The Labute approximate surface area is 227 Å². The fourth-order valence-electron chi connectivity index (χ4n) is 3.53. The Balaban J connectivity index is 2.29. The Morgan fingerprint density at radius 1 is 1.03 bits per heavy atom. The van der Waals surface area contributed by atoms with E-state index in [1.807, 2.05) is 36.4 Å². The standard InChI is InChI=1S/C29H50O6Si2/c1-12-23(35-37(10,11)29(5,6)7)26(21-32-36(8,9)28(2,3)4)33-25-20-31-27(34-24(25)18-19-30)22-16-14-13-15-17-22/h12-17,19,23-27H,1,18,20-21H2,2-11H3/t23-,24+,25-,26+,27-/m1/s1. The molecule has 0 bridgehead atoms. The number of hydrogen-bond donors (Lipinski definition) is 0. The molecule has 0 unspecified atom stereocenters. The van der Waals surface area contributed by atoms with Crippen molar-refractivity contribution in [2.45, 2.75) is 115 Å². The summed E-state index contributed by atoms with van der Waals surface area (Å²) in [6, 6.07) is 9.76. The molecule has 0 aliphatic carbocycles. The van der Waals surface area contributed by atoms with Crippen molar-refractivity contribution in [1.29, 1.82) is 0 Å². The van der Waals surface area contributed by atoms with E-state index in [-0.39, 0.29) is 22.6 Å². The van der Waals surface area contributed by atoms with Crippen LogP contribution in [-0.4, -0.2) is 60.6 Å². The number of benzene rings is 1.